The third-order valence-electron chi connectivity index (χ3n) is 3.41. The van der Waals surface area contributed by atoms with Gasteiger partial charge in [-0.1, -0.05) is 18.2 Å². The van der Waals surface area contributed by atoms with E-state index in [0.29, 0.717) is 29.5 Å². The van der Waals surface area contributed by atoms with E-state index in [1.807, 2.05) is 19.1 Å². The van der Waals surface area contributed by atoms with E-state index in [1.165, 1.54) is 12.3 Å². The van der Waals surface area contributed by atoms with Crippen LogP contribution in [-0.4, -0.2) is 15.9 Å². The van der Waals surface area contributed by atoms with Crippen LogP contribution in [0, 0.1) is 12.7 Å². The lowest BCUT2D eigenvalue weighted by atomic mass is 10.2. The summed E-state index contributed by atoms with van der Waals surface area (Å²) in [6.07, 6.45) is 1.99. The monoisotopic (exact) mass is 325 g/mol. The molecule has 3 aromatic rings. The normalized spacial score (nSPS) is 10.6. The topological polar surface area (TPSA) is 68.0 Å². The fraction of sp³-hybridized carbons (Fsp3) is 0.167. The summed E-state index contributed by atoms with van der Waals surface area (Å²) < 4.78 is 19.2. The molecule has 0 bridgehead atoms. The minimum Gasteiger partial charge on any atom is -0.441 e. The summed E-state index contributed by atoms with van der Waals surface area (Å²) in [5.41, 5.74) is 1.18. The first-order valence-corrected chi connectivity index (χ1v) is 7.55. The van der Waals surface area contributed by atoms with Crippen LogP contribution in [0.15, 0.2) is 53.1 Å². The first kappa shape index (κ1) is 15.9. The van der Waals surface area contributed by atoms with Crippen molar-refractivity contribution in [1.29, 1.82) is 0 Å². The molecule has 0 saturated heterocycles. The van der Waals surface area contributed by atoms with E-state index in [0.717, 1.165) is 5.69 Å². The van der Waals surface area contributed by atoms with Crippen molar-refractivity contribution in [2.24, 2.45) is 0 Å². The second kappa shape index (κ2) is 7.04. The van der Waals surface area contributed by atoms with Gasteiger partial charge in [-0.3, -0.25) is 4.79 Å². The minimum absolute atomic E-state index is 0.182. The summed E-state index contributed by atoms with van der Waals surface area (Å²) in [5.74, 6) is 0.700. The molecule has 1 aromatic carbocycles. The third kappa shape index (κ3) is 3.84. The van der Waals surface area contributed by atoms with E-state index >= 15 is 0 Å². The molecular weight excluding hydrogens is 309 g/mol. The van der Waals surface area contributed by atoms with Crippen molar-refractivity contribution in [2.45, 2.75) is 19.8 Å². The number of amides is 1. The first-order chi connectivity index (χ1) is 11.6. The third-order valence-corrected chi connectivity index (χ3v) is 3.41. The molecule has 0 radical (unpaired) electrons. The van der Waals surface area contributed by atoms with Crippen molar-refractivity contribution in [1.82, 2.24) is 9.97 Å². The van der Waals surface area contributed by atoms with Crippen LogP contribution >= 0.6 is 0 Å². The van der Waals surface area contributed by atoms with Crippen molar-refractivity contribution in [3.8, 4) is 11.3 Å². The van der Waals surface area contributed by atoms with Crippen LogP contribution in [0.3, 0.4) is 0 Å². The number of aromatic nitrogens is 2. The Morgan fingerprint density at radius 2 is 2.04 bits per heavy atom. The van der Waals surface area contributed by atoms with E-state index in [-0.39, 0.29) is 18.1 Å². The summed E-state index contributed by atoms with van der Waals surface area (Å²) in [5, 5.41) is 2.72. The highest BCUT2D eigenvalue weighted by atomic mass is 19.1. The molecule has 0 unspecified atom stereocenters. The fourth-order valence-electron chi connectivity index (χ4n) is 2.25. The van der Waals surface area contributed by atoms with Gasteiger partial charge in [0.2, 0.25) is 5.91 Å². The molecular formula is C18H16FN3O2. The number of carbonyl (C=O) groups is 1. The van der Waals surface area contributed by atoms with E-state index in [2.05, 4.69) is 15.3 Å². The number of rotatable bonds is 5. The number of pyridine rings is 1. The van der Waals surface area contributed by atoms with Crippen molar-refractivity contribution >= 4 is 11.7 Å². The number of halogens is 1. The van der Waals surface area contributed by atoms with Gasteiger partial charge in [0.1, 0.15) is 11.6 Å². The Morgan fingerprint density at radius 1 is 1.21 bits per heavy atom. The maximum atomic E-state index is 13.7. The summed E-state index contributed by atoms with van der Waals surface area (Å²) in [7, 11) is 0. The fourth-order valence-corrected chi connectivity index (χ4v) is 2.25. The molecule has 1 amide bonds. The molecule has 1 N–H and O–H groups in total. The largest absolute Gasteiger partial charge is 0.441 e. The van der Waals surface area contributed by atoms with Gasteiger partial charge < -0.3 is 9.73 Å². The lowest BCUT2D eigenvalue weighted by Gasteiger charge is -2.04. The van der Waals surface area contributed by atoms with Crippen LogP contribution in [0.1, 0.15) is 18.0 Å². The zero-order valence-corrected chi connectivity index (χ0v) is 13.1. The Morgan fingerprint density at radius 3 is 2.83 bits per heavy atom. The summed E-state index contributed by atoms with van der Waals surface area (Å²) >= 11 is 0. The molecule has 5 nitrogen and oxygen atoms in total. The second-order valence-corrected chi connectivity index (χ2v) is 5.31. The molecule has 122 valence electrons. The lowest BCUT2D eigenvalue weighted by molar-refractivity contribution is -0.116. The lowest BCUT2D eigenvalue weighted by Crippen LogP contribution is -2.13. The van der Waals surface area contributed by atoms with E-state index in [9.17, 15) is 9.18 Å². The predicted octanol–water partition coefficient (Wildman–Crippen LogP) is 3.76. The molecule has 6 heteroatoms. The minimum atomic E-state index is -0.372. The van der Waals surface area contributed by atoms with Gasteiger partial charge in [-0.05, 0) is 31.2 Å². The molecule has 24 heavy (non-hydrogen) atoms. The number of hydrogen-bond donors (Lipinski definition) is 1. The number of nitrogens with zero attached hydrogens (tertiary/aromatic N) is 2. The molecule has 2 aromatic heterocycles. The summed E-state index contributed by atoms with van der Waals surface area (Å²) in [6, 6.07) is 11.7. The Bertz CT molecular complexity index is 861. The zero-order chi connectivity index (χ0) is 16.9. The highest BCUT2D eigenvalue weighted by Crippen LogP contribution is 2.23. The van der Waals surface area contributed by atoms with Crippen molar-refractivity contribution in [2.75, 3.05) is 5.32 Å². The van der Waals surface area contributed by atoms with Crippen molar-refractivity contribution < 1.29 is 13.6 Å². The summed E-state index contributed by atoms with van der Waals surface area (Å²) in [4.78, 5) is 20.3. The molecule has 0 fully saturated rings. The van der Waals surface area contributed by atoms with Gasteiger partial charge in [0.25, 0.3) is 0 Å². The van der Waals surface area contributed by atoms with Crippen LogP contribution < -0.4 is 5.32 Å². The van der Waals surface area contributed by atoms with Crippen molar-refractivity contribution in [3.63, 3.8) is 0 Å². The molecule has 0 saturated carbocycles. The van der Waals surface area contributed by atoms with E-state index in [4.69, 9.17) is 4.42 Å². The Hall–Kier alpha value is -3.02. The molecule has 0 aliphatic rings. The maximum Gasteiger partial charge on any atom is 0.226 e. The standard InChI is InChI=1S/C18H16FN3O2/c1-12-5-4-8-16(21-12)22-17(23)9-10-18-20-11-15(24-18)13-6-2-3-7-14(13)19/h2-8,11H,9-10H2,1H3,(H,21,22,23). The highest BCUT2D eigenvalue weighted by molar-refractivity contribution is 5.89. The van der Waals surface area contributed by atoms with Crippen LogP contribution in [0.4, 0.5) is 10.2 Å². The molecule has 3 rings (SSSR count). The molecule has 0 aliphatic heterocycles. The number of benzene rings is 1. The molecule has 0 aliphatic carbocycles. The quantitative estimate of drug-likeness (QED) is 0.775. The Balaban J connectivity index is 1.59. The number of oxazole rings is 1. The van der Waals surface area contributed by atoms with E-state index < -0.39 is 0 Å². The van der Waals surface area contributed by atoms with Crippen LogP contribution in [0.5, 0.6) is 0 Å². The smallest absolute Gasteiger partial charge is 0.226 e. The second-order valence-electron chi connectivity index (χ2n) is 5.31. The summed E-state index contributed by atoms with van der Waals surface area (Å²) in [6.45, 7) is 1.85. The average molecular weight is 325 g/mol. The van der Waals surface area contributed by atoms with Crippen molar-refractivity contribution in [3.05, 3.63) is 66.1 Å². The van der Waals surface area contributed by atoms with Gasteiger partial charge in [0.05, 0.1) is 11.8 Å². The van der Waals surface area contributed by atoms with Crippen LogP contribution in [0.25, 0.3) is 11.3 Å². The number of hydrogen-bond acceptors (Lipinski definition) is 4. The zero-order valence-electron chi connectivity index (χ0n) is 13.1. The van der Waals surface area contributed by atoms with Gasteiger partial charge in [0.15, 0.2) is 11.7 Å². The van der Waals surface area contributed by atoms with Gasteiger partial charge in [-0.2, -0.15) is 0 Å². The Labute approximate surface area is 138 Å². The average Bonchev–Trinajstić information content (AvgIpc) is 3.02. The number of carbonyl (C=O) groups excluding carboxylic acids is 1. The maximum absolute atomic E-state index is 13.7. The SMILES string of the molecule is Cc1cccc(NC(=O)CCc2ncc(-c3ccccc3F)o2)n1. The highest BCUT2D eigenvalue weighted by Gasteiger charge is 2.12. The Kier molecular flexibility index (Phi) is 4.65. The molecule has 0 atom stereocenters. The number of anilines is 1. The van der Waals surface area contributed by atoms with Gasteiger partial charge in [0, 0.05) is 18.5 Å². The van der Waals surface area contributed by atoms with Crippen LogP contribution in [-0.2, 0) is 11.2 Å². The predicted molar refractivity (Wildman–Crippen MR) is 87.8 cm³/mol. The first-order valence-electron chi connectivity index (χ1n) is 7.55. The van der Waals surface area contributed by atoms with Crippen LogP contribution in [0.2, 0.25) is 0 Å². The van der Waals surface area contributed by atoms with E-state index in [1.54, 1.807) is 24.3 Å². The van der Waals surface area contributed by atoms with Gasteiger partial charge >= 0.3 is 0 Å². The van der Waals surface area contributed by atoms with Gasteiger partial charge in [-0.25, -0.2) is 14.4 Å². The number of nitrogens with one attached hydrogen (secondary N) is 1. The molecule has 0 spiro atoms. The van der Waals surface area contributed by atoms with Gasteiger partial charge in [-0.15, -0.1) is 0 Å². The number of aryl methyl sites for hydroxylation is 2. The molecule has 2 heterocycles.